The van der Waals surface area contributed by atoms with E-state index in [1.807, 2.05) is 29.2 Å². The third-order valence-electron chi connectivity index (χ3n) is 3.56. The first kappa shape index (κ1) is 12.9. The molecule has 0 aromatic heterocycles. The zero-order chi connectivity index (χ0) is 13.0. The van der Waals surface area contributed by atoms with Crippen LogP contribution >= 0.6 is 0 Å². The van der Waals surface area contributed by atoms with Crippen LogP contribution in [-0.4, -0.2) is 35.6 Å². The standard InChI is InChI=1S/C14H20N2O2/c15-13-4-2-1-3-12(13)5-6-14(18)16-8-7-11(9-16)10-17/h1-4,11,17H,5-10,15H2. The second kappa shape index (κ2) is 5.87. The summed E-state index contributed by atoms with van der Waals surface area (Å²) in [5.74, 6) is 0.421. The summed E-state index contributed by atoms with van der Waals surface area (Å²) in [6.45, 7) is 1.64. The van der Waals surface area contributed by atoms with Gasteiger partial charge in [-0.1, -0.05) is 18.2 Å². The van der Waals surface area contributed by atoms with E-state index in [0.29, 0.717) is 19.4 Å². The molecule has 2 rings (SSSR count). The number of rotatable bonds is 4. The maximum atomic E-state index is 12.0. The van der Waals surface area contributed by atoms with Crippen molar-refractivity contribution in [2.45, 2.75) is 19.3 Å². The molecular formula is C14H20N2O2. The second-order valence-corrected chi connectivity index (χ2v) is 4.88. The lowest BCUT2D eigenvalue weighted by Crippen LogP contribution is -2.29. The van der Waals surface area contributed by atoms with Gasteiger partial charge in [-0.05, 0) is 24.5 Å². The Morgan fingerprint density at radius 1 is 1.44 bits per heavy atom. The lowest BCUT2D eigenvalue weighted by atomic mass is 10.1. The summed E-state index contributed by atoms with van der Waals surface area (Å²) in [4.78, 5) is 13.8. The van der Waals surface area contributed by atoms with E-state index in [2.05, 4.69) is 0 Å². The lowest BCUT2D eigenvalue weighted by molar-refractivity contribution is -0.130. The molecule has 1 amide bonds. The molecule has 1 aromatic carbocycles. The molecule has 0 bridgehead atoms. The van der Waals surface area contributed by atoms with Crippen LogP contribution in [0.3, 0.4) is 0 Å². The van der Waals surface area contributed by atoms with Gasteiger partial charge in [0.1, 0.15) is 0 Å². The van der Waals surface area contributed by atoms with E-state index in [4.69, 9.17) is 10.8 Å². The molecule has 1 aromatic rings. The van der Waals surface area contributed by atoms with E-state index in [1.165, 1.54) is 0 Å². The number of carbonyl (C=O) groups is 1. The van der Waals surface area contributed by atoms with Crippen molar-refractivity contribution in [3.8, 4) is 0 Å². The molecule has 0 saturated carbocycles. The number of hydrogen-bond donors (Lipinski definition) is 2. The number of aliphatic hydroxyl groups is 1. The number of amides is 1. The second-order valence-electron chi connectivity index (χ2n) is 4.88. The fraction of sp³-hybridized carbons (Fsp3) is 0.500. The molecule has 1 aliphatic rings. The number of anilines is 1. The molecule has 98 valence electrons. The Kier molecular flexibility index (Phi) is 4.20. The van der Waals surface area contributed by atoms with Gasteiger partial charge in [0, 0.05) is 37.7 Å². The van der Waals surface area contributed by atoms with Crippen molar-refractivity contribution in [2.75, 3.05) is 25.4 Å². The number of carbonyl (C=O) groups excluding carboxylic acids is 1. The first-order valence-electron chi connectivity index (χ1n) is 6.42. The summed E-state index contributed by atoms with van der Waals surface area (Å²) in [6.07, 6.45) is 2.09. The van der Waals surface area contributed by atoms with Crippen molar-refractivity contribution in [3.63, 3.8) is 0 Å². The maximum Gasteiger partial charge on any atom is 0.222 e. The minimum absolute atomic E-state index is 0.161. The highest BCUT2D eigenvalue weighted by Crippen LogP contribution is 2.18. The number of nitrogens with zero attached hydrogens (tertiary/aromatic N) is 1. The van der Waals surface area contributed by atoms with Crippen LogP contribution in [0, 0.1) is 5.92 Å². The van der Waals surface area contributed by atoms with Gasteiger partial charge in [-0.3, -0.25) is 4.79 Å². The normalized spacial score (nSPS) is 19.2. The Labute approximate surface area is 107 Å². The van der Waals surface area contributed by atoms with E-state index < -0.39 is 0 Å². The van der Waals surface area contributed by atoms with Gasteiger partial charge in [0.2, 0.25) is 5.91 Å². The van der Waals surface area contributed by atoms with E-state index in [0.717, 1.165) is 24.2 Å². The Balaban J connectivity index is 1.84. The Morgan fingerprint density at radius 3 is 2.89 bits per heavy atom. The first-order valence-corrected chi connectivity index (χ1v) is 6.42. The van der Waals surface area contributed by atoms with Crippen molar-refractivity contribution in [3.05, 3.63) is 29.8 Å². The highest BCUT2D eigenvalue weighted by atomic mass is 16.3. The summed E-state index contributed by atoms with van der Waals surface area (Å²) in [6, 6.07) is 7.65. The van der Waals surface area contributed by atoms with Crippen LogP contribution in [0.1, 0.15) is 18.4 Å². The van der Waals surface area contributed by atoms with Crippen molar-refractivity contribution >= 4 is 11.6 Å². The van der Waals surface area contributed by atoms with Gasteiger partial charge in [-0.2, -0.15) is 0 Å². The summed E-state index contributed by atoms with van der Waals surface area (Å²) in [7, 11) is 0. The summed E-state index contributed by atoms with van der Waals surface area (Å²) < 4.78 is 0. The van der Waals surface area contributed by atoms with Gasteiger partial charge in [0.15, 0.2) is 0 Å². The zero-order valence-electron chi connectivity index (χ0n) is 10.5. The predicted molar refractivity (Wildman–Crippen MR) is 70.9 cm³/mol. The number of aliphatic hydroxyl groups excluding tert-OH is 1. The van der Waals surface area contributed by atoms with Crippen LogP contribution in [-0.2, 0) is 11.2 Å². The van der Waals surface area contributed by atoms with E-state index in [-0.39, 0.29) is 18.4 Å². The van der Waals surface area contributed by atoms with Gasteiger partial charge in [0.05, 0.1) is 0 Å². The molecule has 1 unspecified atom stereocenters. The van der Waals surface area contributed by atoms with Crippen LogP contribution in [0.25, 0.3) is 0 Å². The molecule has 4 nitrogen and oxygen atoms in total. The number of hydrogen-bond acceptors (Lipinski definition) is 3. The fourth-order valence-electron chi connectivity index (χ4n) is 2.37. The molecule has 1 atom stereocenters. The highest BCUT2D eigenvalue weighted by molar-refractivity contribution is 5.77. The molecule has 0 spiro atoms. The minimum atomic E-state index is 0.161. The molecule has 0 radical (unpaired) electrons. The molecule has 1 saturated heterocycles. The van der Waals surface area contributed by atoms with Crippen molar-refractivity contribution in [1.29, 1.82) is 0 Å². The van der Waals surface area contributed by atoms with Crippen LogP contribution in [0.15, 0.2) is 24.3 Å². The van der Waals surface area contributed by atoms with Crippen LogP contribution in [0.5, 0.6) is 0 Å². The van der Waals surface area contributed by atoms with Crippen molar-refractivity contribution in [2.24, 2.45) is 5.92 Å². The number of nitrogen functional groups attached to an aromatic ring is 1. The average molecular weight is 248 g/mol. The third kappa shape index (κ3) is 3.01. The number of nitrogens with two attached hydrogens (primary N) is 1. The van der Waals surface area contributed by atoms with Crippen molar-refractivity contribution in [1.82, 2.24) is 4.90 Å². The van der Waals surface area contributed by atoms with Gasteiger partial charge in [-0.15, -0.1) is 0 Å². The third-order valence-corrected chi connectivity index (χ3v) is 3.56. The molecule has 18 heavy (non-hydrogen) atoms. The van der Waals surface area contributed by atoms with E-state index >= 15 is 0 Å². The lowest BCUT2D eigenvalue weighted by Gasteiger charge is -2.16. The molecule has 1 heterocycles. The molecule has 3 N–H and O–H groups in total. The first-order chi connectivity index (χ1) is 8.70. The Hall–Kier alpha value is -1.55. The number of benzene rings is 1. The molecule has 0 aliphatic carbocycles. The predicted octanol–water partition coefficient (Wildman–Crippen LogP) is 1.04. The summed E-state index contributed by atoms with van der Waals surface area (Å²) >= 11 is 0. The number of likely N-dealkylation sites (tertiary alicyclic amines) is 1. The van der Waals surface area contributed by atoms with Crippen LogP contribution in [0.2, 0.25) is 0 Å². The fourth-order valence-corrected chi connectivity index (χ4v) is 2.37. The monoisotopic (exact) mass is 248 g/mol. The molecule has 1 aliphatic heterocycles. The van der Waals surface area contributed by atoms with E-state index in [9.17, 15) is 4.79 Å². The Bertz CT molecular complexity index is 420. The smallest absolute Gasteiger partial charge is 0.222 e. The van der Waals surface area contributed by atoms with Gasteiger partial charge in [-0.25, -0.2) is 0 Å². The number of aryl methyl sites for hydroxylation is 1. The van der Waals surface area contributed by atoms with Crippen molar-refractivity contribution < 1.29 is 9.90 Å². The number of para-hydroxylation sites is 1. The molecule has 1 fully saturated rings. The van der Waals surface area contributed by atoms with Gasteiger partial charge in [0.25, 0.3) is 0 Å². The molecular weight excluding hydrogens is 228 g/mol. The Morgan fingerprint density at radius 2 is 2.22 bits per heavy atom. The average Bonchev–Trinajstić information content (AvgIpc) is 2.86. The zero-order valence-corrected chi connectivity index (χ0v) is 10.5. The van der Waals surface area contributed by atoms with Gasteiger partial charge < -0.3 is 15.7 Å². The van der Waals surface area contributed by atoms with E-state index in [1.54, 1.807) is 0 Å². The van der Waals surface area contributed by atoms with Crippen LogP contribution < -0.4 is 5.73 Å². The molecule has 4 heteroatoms. The van der Waals surface area contributed by atoms with Crippen LogP contribution in [0.4, 0.5) is 5.69 Å². The topological polar surface area (TPSA) is 66.6 Å². The SMILES string of the molecule is Nc1ccccc1CCC(=O)N1CCC(CO)C1. The minimum Gasteiger partial charge on any atom is -0.399 e. The largest absolute Gasteiger partial charge is 0.399 e. The quantitative estimate of drug-likeness (QED) is 0.782. The maximum absolute atomic E-state index is 12.0. The summed E-state index contributed by atoms with van der Waals surface area (Å²) in [5.41, 5.74) is 7.63. The highest BCUT2D eigenvalue weighted by Gasteiger charge is 2.25. The van der Waals surface area contributed by atoms with Gasteiger partial charge >= 0.3 is 0 Å². The summed E-state index contributed by atoms with van der Waals surface area (Å²) in [5, 5.41) is 9.06.